The first kappa shape index (κ1) is 20.6. The summed E-state index contributed by atoms with van der Waals surface area (Å²) in [5.41, 5.74) is 4.85. The van der Waals surface area contributed by atoms with Crippen LogP contribution in [0.2, 0.25) is 0 Å². The number of carbonyl (C=O) groups is 1. The molecule has 0 atom stereocenters. The van der Waals surface area contributed by atoms with Gasteiger partial charge in [-0.2, -0.15) is 0 Å². The SMILES string of the molecule is Cc1[nH]c(C)c(-c2ccccc2OC2CCN(C3CCC3)CC2)c1C(=O)N1CCCC1. The molecule has 1 N–H and O–H groups in total. The van der Waals surface area contributed by atoms with Gasteiger partial charge in [0.2, 0.25) is 0 Å². The molecule has 31 heavy (non-hydrogen) atoms. The van der Waals surface area contributed by atoms with E-state index in [2.05, 4.69) is 28.9 Å². The fourth-order valence-corrected chi connectivity index (χ4v) is 5.53. The fraction of sp³-hybridized carbons (Fsp3) is 0.577. The summed E-state index contributed by atoms with van der Waals surface area (Å²) in [6, 6.07) is 9.08. The molecule has 1 aliphatic carbocycles. The highest BCUT2D eigenvalue weighted by molar-refractivity contribution is 6.03. The molecule has 1 aromatic heterocycles. The molecule has 3 fully saturated rings. The van der Waals surface area contributed by atoms with Crippen molar-refractivity contribution in [2.75, 3.05) is 26.2 Å². The van der Waals surface area contributed by atoms with Crippen LogP contribution in [0, 0.1) is 13.8 Å². The molecule has 0 radical (unpaired) electrons. The lowest BCUT2D eigenvalue weighted by molar-refractivity contribution is 0.0495. The van der Waals surface area contributed by atoms with Gasteiger partial charge in [0.15, 0.2) is 0 Å². The minimum absolute atomic E-state index is 0.151. The quantitative estimate of drug-likeness (QED) is 0.745. The molecular weight excluding hydrogens is 386 g/mol. The number of ether oxygens (including phenoxy) is 1. The van der Waals surface area contributed by atoms with Gasteiger partial charge in [0.05, 0.1) is 5.56 Å². The molecule has 3 aliphatic rings. The van der Waals surface area contributed by atoms with E-state index in [1.54, 1.807) is 0 Å². The Morgan fingerprint density at radius 3 is 2.32 bits per heavy atom. The third-order valence-corrected chi connectivity index (χ3v) is 7.50. The van der Waals surface area contributed by atoms with Gasteiger partial charge in [-0.05, 0) is 58.4 Å². The normalized spacial score (nSPS) is 20.8. The van der Waals surface area contributed by atoms with Crippen molar-refractivity contribution in [3.05, 3.63) is 41.2 Å². The van der Waals surface area contributed by atoms with Gasteiger partial charge in [0.1, 0.15) is 11.9 Å². The maximum Gasteiger partial charge on any atom is 0.256 e. The zero-order valence-corrected chi connectivity index (χ0v) is 19.0. The molecule has 0 bridgehead atoms. The summed E-state index contributed by atoms with van der Waals surface area (Å²) in [6.07, 6.45) is 8.73. The highest BCUT2D eigenvalue weighted by Crippen LogP contribution is 2.38. The molecule has 2 aromatic rings. The largest absolute Gasteiger partial charge is 0.490 e. The van der Waals surface area contributed by atoms with Crippen LogP contribution in [0.1, 0.15) is 66.7 Å². The van der Waals surface area contributed by atoms with E-state index in [0.717, 1.165) is 91.7 Å². The van der Waals surface area contributed by atoms with Crippen molar-refractivity contribution in [1.82, 2.24) is 14.8 Å². The first-order valence-corrected chi connectivity index (χ1v) is 12.1. The number of hydrogen-bond acceptors (Lipinski definition) is 3. The van der Waals surface area contributed by atoms with Gasteiger partial charge in [-0.15, -0.1) is 0 Å². The van der Waals surface area contributed by atoms with E-state index >= 15 is 0 Å². The smallest absolute Gasteiger partial charge is 0.256 e. The van der Waals surface area contributed by atoms with Crippen molar-refractivity contribution in [3.63, 3.8) is 0 Å². The Hall–Kier alpha value is -2.27. The molecule has 1 aromatic carbocycles. The van der Waals surface area contributed by atoms with Gasteiger partial charge >= 0.3 is 0 Å². The second-order valence-electron chi connectivity index (χ2n) is 9.56. The monoisotopic (exact) mass is 421 g/mol. The molecule has 5 nitrogen and oxygen atoms in total. The van der Waals surface area contributed by atoms with Crippen LogP contribution in [-0.4, -0.2) is 59.0 Å². The molecular formula is C26H35N3O2. The fourth-order valence-electron chi connectivity index (χ4n) is 5.53. The van der Waals surface area contributed by atoms with E-state index in [9.17, 15) is 4.79 Å². The lowest BCUT2D eigenvalue weighted by atomic mass is 9.89. The number of carbonyl (C=O) groups excluding carboxylic acids is 1. The number of benzene rings is 1. The molecule has 1 saturated carbocycles. The minimum Gasteiger partial charge on any atom is -0.490 e. The van der Waals surface area contributed by atoms with Crippen LogP contribution in [0.25, 0.3) is 11.1 Å². The predicted molar refractivity (Wildman–Crippen MR) is 124 cm³/mol. The summed E-state index contributed by atoms with van der Waals surface area (Å²) in [5, 5.41) is 0. The third kappa shape index (κ3) is 4.00. The number of nitrogens with one attached hydrogen (secondary N) is 1. The predicted octanol–water partition coefficient (Wildman–Crippen LogP) is 4.93. The lowest BCUT2D eigenvalue weighted by Gasteiger charge is -2.41. The van der Waals surface area contributed by atoms with Crippen LogP contribution in [0.4, 0.5) is 0 Å². The average molecular weight is 422 g/mol. The van der Waals surface area contributed by atoms with E-state index in [4.69, 9.17) is 4.74 Å². The Kier molecular flexibility index (Phi) is 5.79. The number of rotatable bonds is 5. The maximum atomic E-state index is 13.4. The Balaban J connectivity index is 1.39. The summed E-state index contributed by atoms with van der Waals surface area (Å²) in [4.78, 5) is 21.5. The average Bonchev–Trinajstić information content (AvgIpc) is 3.36. The second kappa shape index (κ2) is 8.70. The number of aromatic nitrogens is 1. The highest BCUT2D eigenvalue weighted by Gasteiger charge is 2.31. The van der Waals surface area contributed by atoms with Crippen LogP contribution in [0.3, 0.4) is 0 Å². The van der Waals surface area contributed by atoms with Crippen LogP contribution in [0.15, 0.2) is 24.3 Å². The van der Waals surface area contributed by atoms with Gasteiger partial charge in [-0.3, -0.25) is 4.79 Å². The van der Waals surface area contributed by atoms with Crippen molar-refractivity contribution in [2.45, 2.75) is 70.9 Å². The number of aromatic amines is 1. The number of H-pyrrole nitrogens is 1. The third-order valence-electron chi connectivity index (χ3n) is 7.50. The summed E-state index contributed by atoms with van der Waals surface area (Å²) < 4.78 is 6.58. The van der Waals surface area contributed by atoms with Crippen molar-refractivity contribution in [1.29, 1.82) is 0 Å². The van der Waals surface area contributed by atoms with E-state index < -0.39 is 0 Å². The van der Waals surface area contributed by atoms with Crippen LogP contribution >= 0.6 is 0 Å². The molecule has 3 heterocycles. The summed E-state index contributed by atoms with van der Waals surface area (Å²) >= 11 is 0. The zero-order chi connectivity index (χ0) is 21.4. The van der Waals surface area contributed by atoms with Crippen molar-refractivity contribution in [3.8, 4) is 16.9 Å². The molecule has 2 aliphatic heterocycles. The Labute approximate surface area is 185 Å². The van der Waals surface area contributed by atoms with Gasteiger partial charge in [0, 0.05) is 54.7 Å². The topological polar surface area (TPSA) is 48.6 Å². The van der Waals surface area contributed by atoms with Crippen LogP contribution in [-0.2, 0) is 0 Å². The minimum atomic E-state index is 0.151. The molecule has 2 saturated heterocycles. The number of hydrogen-bond donors (Lipinski definition) is 1. The van der Waals surface area contributed by atoms with Gasteiger partial charge < -0.3 is 19.5 Å². The van der Waals surface area contributed by atoms with Crippen molar-refractivity contribution in [2.24, 2.45) is 0 Å². The first-order valence-electron chi connectivity index (χ1n) is 12.1. The Morgan fingerprint density at radius 2 is 1.65 bits per heavy atom. The first-order chi connectivity index (χ1) is 15.1. The maximum absolute atomic E-state index is 13.4. The van der Waals surface area contributed by atoms with E-state index in [0.29, 0.717) is 0 Å². The molecule has 166 valence electrons. The van der Waals surface area contributed by atoms with E-state index in [1.165, 1.54) is 19.3 Å². The Morgan fingerprint density at radius 1 is 0.935 bits per heavy atom. The standard InChI is InChI=1S/C26H35N3O2/c1-18-24(25(19(2)27-18)26(30)29-14-5-6-15-29)22-10-3-4-11-23(22)31-21-12-16-28(17-13-21)20-8-7-9-20/h3-4,10-11,20-21,27H,5-9,12-17H2,1-2H3. The highest BCUT2D eigenvalue weighted by atomic mass is 16.5. The number of piperidine rings is 1. The van der Waals surface area contributed by atoms with Crippen LogP contribution in [0.5, 0.6) is 5.75 Å². The number of likely N-dealkylation sites (tertiary alicyclic amines) is 2. The number of para-hydroxylation sites is 1. The number of aryl methyl sites for hydroxylation is 2. The second-order valence-corrected chi connectivity index (χ2v) is 9.56. The molecule has 0 unspecified atom stereocenters. The lowest BCUT2D eigenvalue weighted by Crippen LogP contribution is -2.46. The van der Waals surface area contributed by atoms with E-state index in [-0.39, 0.29) is 12.0 Å². The van der Waals surface area contributed by atoms with E-state index in [1.807, 2.05) is 24.0 Å². The number of amides is 1. The number of nitrogens with zero attached hydrogens (tertiary/aromatic N) is 2. The van der Waals surface area contributed by atoms with Crippen LogP contribution < -0.4 is 4.74 Å². The molecule has 1 amide bonds. The summed E-state index contributed by atoms with van der Waals surface area (Å²) in [7, 11) is 0. The summed E-state index contributed by atoms with van der Waals surface area (Å²) in [6.45, 7) is 8.08. The zero-order valence-electron chi connectivity index (χ0n) is 19.0. The molecule has 5 rings (SSSR count). The Bertz CT molecular complexity index is 932. The van der Waals surface area contributed by atoms with Gasteiger partial charge in [-0.25, -0.2) is 0 Å². The van der Waals surface area contributed by atoms with Crippen molar-refractivity contribution >= 4 is 5.91 Å². The molecule has 0 spiro atoms. The van der Waals surface area contributed by atoms with Gasteiger partial charge in [-0.1, -0.05) is 24.6 Å². The van der Waals surface area contributed by atoms with Crippen molar-refractivity contribution < 1.29 is 9.53 Å². The van der Waals surface area contributed by atoms with Gasteiger partial charge in [0.25, 0.3) is 5.91 Å². The molecule has 5 heteroatoms. The summed E-state index contributed by atoms with van der Waals surface area (Å²) in [5.74, 6) is 1.06.